The molecule has 0 aliphatic heterocycles. The Kier molecular flexibility index (Phi) is 4.69. The van der Waals surface area contributed by atoms with E-state index in [9.17, 15) is 18.4 Å². The molecule has 0 saturated heterocycles. The number of ether oxygens (including phenoxy) is 1. The second kappa shape index (κ2) is 7.08. The molecule has 8 heteroatoms. The number of rotatable bonds is 5. The Morgan fingerprint density at radius 1 is 1.20 bits per heavy atom. The van der Waals surface area contributed by atoms with Gasteiger partial charge in [0.1, 0.15) is 5.75 Å². The quantitative estimate of drug-likeness (QED) is 0.744. The molecule has 0 atom stereocenters. The Hall–Kier alpha value is -3.29. The monoisotopic (exact) mass is 345 g/mol. The van der Waals surface area contributed by atoms with Crippen molar-refractivity contribution in [3.63, 3.8) is 0 Å². The predicted octanol–water partition coefficient (Wildman–Crippen LogP) is 2.45. The highest BCUT2D eigenvalue weighted by Gasteiger charge is 2.11. The van der Waals surface area contributed by atoms with Gasteiger partial charge in [-0.3, -0.25) is 9.59 Å². The van der Waals surface area contributed by atoms with Crippen LogP contribution in [0.1, 0.15) is 16.2 Å². The van der Waals surface area contributed by atoms with E-state index >= 15 is 0 Å². The average Bonchev–Trinajstić information content (AvgIpc) is 2.59. The summed E-state index contributed by atoms with van der Waals surface area (Å²) in [6.45, 7) is -2.85. The molecule has 1 heterocycles. The zero-order valence-electron chi connectivity index (χ0n) is 12.8. The van der Waals surface area contributed by atoms with Crippen LogP contribution in [0.15, 0.2) is 53.3 Å². The molecule has 2 aromatic carbocycles. The van der Waals surface area contributed by atoms with E-state index in [2.05, 4.69) is 20.0 Å². The number of alkyl halides is 2. The van der Waals surface area contributed by atoms with Gasteiger partial charge in [0.25, 0.3) is 11.5 Å². The summed E-state index contributed by atoms with van der Waals surface area (Å²) < 4.78 is 28.7. The van der Waals surface area contributed by atoms with Crippen molar-refractivity contribution in [3.05, 3.63) is 70.3 Å². The predicted molar refractivity (Wildman–Crippen MR) is 86.6 cm³/mol. The highest BCUT2D eigenvalue weighted by Crippen LogP contribution is 2.15. The first-order valence-corrected chi connectivity index (χ1v) is 7.34. The minimum Gasteiger partial charge on any atom is -0.435 e. The number of amides is 1. The number of nitrogens with one attached hydrogen (secondary N) is 2. The zero-order valence-corrected chi connectivity index (χ0v) is 12.8. The van der Waals surface area contributed by atoms with E-state index in [1.165, 1.54) is 18.2 Å². The van der Waals surface area contributed by atoms with Crippen molar-refractivity contribution in [2.24, 2.45) is 0 Å². The summed E-state index contributed by atoms with van der Waals surface area (Å²) in [7, 11) is 0. The molecule has 0 unspecified atom stereocenters. The molecule has 128 valence electrons. The van der Waals surface area contributed by atoms with Gasteiger partial charge in [-0.1, -0.05) is 24.3 Å². The van der Waals surface area contributed by atoms with Crippen LogP contribution < -0.4 is 15.6 Å². The summed E-state index contributed by atoms with van der Waals surface area (Å²) in [4.78, 5) is 30.7. The Bertz CT molecular complexity index is 973. The van der Waals surface area contributed by atoms with Crippen molar-refractivity contribution in [1.82, 2.24) is 15.3 Å². The summed E-state index contributed by atoms with van der Waals surface area (Å²) in [5, 5.41) is 2.96. The molecular formula is C17H13F2N3O3. The summed E-state index contributed by atoms with van der Waals surface area (Å²) in [5.74, 6) is -0.703. The van der Waals surface area contributed by atoms with Crippen LogP contribution in [0, 0.1) is 0 Å². The molecule has 1 amide bonds. The van der Waals surface area contributed by atoms with Gasteiger partial charge in [-0.25, -0.2) is 4.98 Å². The summed E-state index contributed by atoms with van der Waals surface area (Å²) in [5.41, 5.74) is 0.557. The molecule has 1 aromatic heterocycles. The van der Waals surface area contributed by atoms with E-state index in [0.717, 1.165) is 0 Å². The minimum absolute atomic E-state index is 0.000939. The highest BCUT2D eigenvalue weighted by atomic mass is 19.3. The van der Waals surface area contributed by atoms with E-state index < -0.39 is 18.1 Å². The van der Waals surface area contributed by atoms with Crippen molar-refractivity contribution in [1.29, 1.82) is 0 Å². The summed E-state index contributed by atoms with van der Waals surface area (Å²) in [6, 6.07) is 12.6. The van der Waals surface area contributed by atoms with Crippen molar-refractivity contribution < 1.29 is 18.3 Å². The van der Waals surface area contributed by atoms with Crippen molar-refractivity contribution in [2.75, 3.05) is 0 Å². The van der Waals surface area contributed by atoms with Crippen LogP contribution >= 0.6 is 0 Å². The molecule has 25 heavy (non-hydrogen) atoms. The Balaban J connectivity index is 1.74. The van der Waals surface area contributed by atoms with Gasteiger partial charge in [0.2, 0.25) is 0 Å². The number of fused-ring (bicyclic) bond motifs is 1. The number of hydrogen-bond acceptors (Lipinski definition) is 4. The van der Waals surface area contributed by atoms with Crippen molar-refractivity contribution in [2.45, 2.75) is 13.2 Å². The van der Waals surface area contributed by atoms with E-state index in [1.807, 2.05) is 0 Å². The number of aromatic amines is 1. The fraction of sp³-hybridized carbons (Fsp3) is 0.118. The van der Waals surface area contributed by atoms with Crippen LogP contribution in [0.5, 0.6) is 5.75 Å². The summed E-state index contributed by atoms with van der Waals surface area (Å²) >= 11 is 0. The van der Waals surface area contributed by atoms with Gasteiger partial charge < -0.3 is 15.0 Å². The number of halogens is 2. The standard InChI is InChI=1S/C17H13F2N3O3/c18-17(19)25-11-5-3-4-10(8-11)9-20-16(24)14-21-13-7-2-1-6-12(13)15(23)22-14/h1-8,17H,9H2,(H,20,24)(H,21,22,23). The molecule has 2 N–H and O–H groups in total. The number of aromatic nitrogens is 2. The third kappa shape index (κ3) is 3.97. The normalized spacial score (nSPS) is 10.8. The first-order chi connectivity index (χ1) is 12.0. The highest BCUT2D eigenvalue weighted by molar-refractivity contribution is 5.92. The molecule has 0 spiro atoms. The summed E-state index contributed by atoms with van der Waals surface area (Å²) in [6.07, 6.45) is 0. The number of hydrogen-bond donors (Lipinski definition) is 2. The molecule has 0 radical (unpaired) electrons. The minimum atomic E-state index is -2.92. The SMILES string of the molecule is O=C(NCc1cccc(OC(F)F)c1)c1nc2ccccc2c(=O)[nH]1. The largest absolute Gasteiger partial charge is 0.435 e. The van der Waals surface area contributed by atoms with Crippen molar-refractivity contribution in [3.8, 4) is 5.75 Å². The van der Waals surface area contributed by atoms with Crippen LogP contribution in [0.3, 0.4) is 0 Å². The number of carbonyl (C=O) groups excluding carboxylic acids is 1. The van der Waals surface area contributed by atoms with Crippen molar-refractivity contribution >= 4 is 16.8 Å². The molecule has 0 aliphatic carbocycles. The molecule has 3 rings (SSSR count). The fourth-order valence-corrected chi connectivity index (χ4v) is 2.29. The molecule has 0 saturated carbocycles. The smallest absolute Gasteiger partial charge is 0.387 e. The van der Waals surface area contributed by atoms with Gasteiger partial charge >= 0.3 is 6.61 Å². The average molecular weight is 345 g/mol. The lowest BCUT2D eigenvalue weighted by Crippen LogP contribution is -2.27. The van der Waals surface area contributed by atoms with Gasteiger partial charge in [0.05, 0.1) is 10.9 Å². The molecule has 0 bridgehead atoms. The van der Waals surface area contributed by atoms with Crippen LogP contribution in [0.2, 0.25) is 0 Å². The Morgan fingerprint density at radius 2 is 2.00 bits per heavy atom. The second-order valence-corrected chi connectivity index (χ2v) is 5.14. The number of carbonyl (C=O) groups is 1. The number of nitrogens with zero attached hydrogens (tertiary/aromatic N) is 1. The zero-order chi connectivity index (χ0) is 17.8. The molecule has 3 aromatic rings. The Labute approximate surface area is 140 Å². The van der Waals surface area contributed by atoms with Crippen LogP contribution in [0.25, 0.3) is 10.9 Å². The maximum Gasteiger partial charge on any atom is 0.387 e. The molecule has 0 aliphatic rings. The van der Waals surface area contributed by atoms with Gasteiger partial charge in [-0.15, -0.1) is 0 Å². The Morgan fingerprint density at radius 3 is 2.80 bits per heavy atom. The van der Waals surface area contributed by atoms with E-state index in [1.54, 1.807) is 30.3 Å². The first kappa shape index (κ1) is 16.6. The van der Waals surface area contributed by atoms with E-state index in [-0.39, 0.29) is 18.1 Å². The van der Waals surface area contributed by atoms with Crippen LogP contribution in [0.4, 0.5) is 8.78 Å². The van der Waals surface area contributed by atoms with Gasteiger partial charge in [0, 0.05) is 6.54 Å². The molecule has 6 nitrogen and oxygen atoms in total. The third-order valence-electron chi connectivity index (χ3n) is 3.40. The lowest BCUT2D eigenvalue weighted by molar-refractivity contribution is -0.0498. The topological polar surface area (TPSA) is 84.1 Å². The van der Waals surface area contributed by atoms with Crippen LogP contribution in [-0.2, 0) is 6.54 Å². The number of para-hydroxylation sites is 1. The van der Waals surface area contributed by atoms with Gasteiger partial charge in [-0.05, 0) is 29.8 Å². The van der Waals surface area contributed by atoms with Gasteiger partial charge in [0.15, 0.2) is 5.82 Å². The maximum atomic E-state index is 12.2. The fourth-order valence-electron chi connectivity index (χ4n) is 2.29. The lowest BCUT2D eigenvalue weighted by Gasteiger charge is -2.08. The first-order valence-electron chi connectivity index (χ1n) is 7.34. The third-order valence-corrected chi connectivity index (χ3v) is 3.40. The number of H-pyrrole nitrogens is 1. The molecule has 0 fully saturated rings. The van der Waals surface area contributed by atoms with E-state index in [4.69, 9.17) is 0 Å². The van der Waals surface area contributed by atoms with Gasteiger partial charge in [-0.2, -0.15) is 8.78 Å². The lowest BCUT2D eigenvalue weighted by atomic mass is 10.2. The van der Waals surface area contributed by atoms with Crippen LogP contribution in [-0.4, -0.2) is 22.5 Å². The molecular weight excluding hydrogens is 332 g/mol. The second-order valence-electron chi connectivity index (χ2n) is 5.14. The van der Waals surface area contributed by atoms with E-state index in [0.29, 0.717) is 16.5 Å². The number of benzene rings is 2. The maximum absolute atomic E-state index is 12.2.